The number of rotatable bonds is 4. The number of carbonyl (C=O) groups is 1. The molecule has 0 bridgehead atoms. The van der Waals surface area contributed by atoms with Crippen molar-refractivity contribution in [1.29, 1.82) is 0 Å². The lowest BCUT2D eigenvalue weighted by atomic mass is 10.1. The quantitative estimate of drug-likeness (QED) is 0.494. The molecule has 32 heavy (non-hydrogen) atoms. The SMILES string of the molecule is Cc1ccc(-n2cc(C(=O)N3CCN(c4ccccn4)CC3)c(-c3ccccc3)n2)cc1. The van der Waals surface area contributed by atoms with Gasteiger partial charge in [0.2, 0.25) is 0 Å². The molecule has 6 nitrogen and oxygen atoms in total. The first-order valence-electron chi connectivity index (χ1n) is 10.9. The highest BCUT2D eigenvalue weighted by atomic mass is 16.2. The molecule has 2 aromatic heterocycles. The number of hydrogen-bond acceptors (Lipinski definition) is 4. The van der Waals surface area contributed by atoms with Crippen molar-refractivity contribution in [3.8, 4) is 16.9 Å². The second-order valence-corrected chi connectivity index (χ2v) is 8.00. The number of aryl methyl sites for hydroxylation is 1. The standard InChI is InChI=1S/C26H25N5O/c1-20-10-12-22(13-11-20)31-19-23(25(28-31)21-7-3-2-4-8-21)26(32)30-17-15-29(16-18-30)24-9-5-6-14-27-24/h2-14,19H,15-18H2,1H3. The predicted molar refractivity (Wildman–Crippen MR) is 126 cm³/mol. The van der Waals surface area contributed by atoms with E-state index in [-0.39, 0.29) is 5.91 Å². The van der Waals surface area contributed by atoms with Crippen LogP contribution in [0, 0.1) is 6.92 Å². The largest absolute Gasteiger partial charge is 0.353 e. The molecule has 0 saturated carbocycles. The second-order valence-electron chi connectivity index (χ2n) is 8.00. The summed E-state index contributed by atoms with van der Waals surface area (Å²) in [5.41, 5.74) is 4.40. The highest BCUT2D eigenvalue weighted by molar-refractivity contribution is 6.00. The number of pyridine rings is 1. The van der Waals surface area contributed by atoms with Crippen LogP contribution in [-0.2, 0) is 0 Å². The predicted octanol–water partition coefficient (Wildman–Crippen LogP) is 4.21. The van der Waals surface area contributed by atoms with Crippen molar-refractivity contribution in [2.45, 2.75) is 6.92 Å². The summed E-state index contributed by atoms with van der Waals surface area (Å²) in [5, 5.41) is 4.81. The molecule has 0 N–H and O–H groups in total. The van der Waals surface area contributed by atoms with Crippen LogP contribution in [-0.4, -0.2) is 51.8 Å². The summed E-state index contributed by atoms with van der Waals surface area (Å²) >= 11 is 0. The fraction of sp³-hybridized carbons (Fsp3) is 0.192. The molecule has 0 atom stereocenters. The number of carbonyl (C=O) groups excluding carboxylic acids is 1. The van der Waals surface area contributed by atoms with E-state index in [1.807, 2.05) is 71.8 Å². The lowest BCUT2D eigenvalue weighted by Crippen LogP contribution is -2.49. The van der Waals surface area contributed by atoms with Gasteiger partial charge in [-0.2, -0.15) is 5.10 Å². The minimum atomic E-state index is 0.0166. The van der Waals surface area contributed by atoms with Crippen molar-refractivity contribution in [2.24, 2.45) is 0 Å². The smallest absolute Gasteiger partial charge is 0.257 e. The van der Waals surface area contributed by atoms with Crippen LogP contribution in [0.2, 0.25) is 0 Å². The number of aromatic nitrogens is 3. The van der Waals surface area contributed by atoms with Crippen molar-refractivity contribution >= 4 is 11.7 Å². The number of hydrogen-bond donors (Lipinski definition) is 0. The molecule has 160 valence electrons. The van der Waals surface area contributed by atoms with Gasteiger partial charge in [-0.25, -0.2) is 9.67 Å². The molecule has 5 rings (SSSR count). The third-order valence-corrected chi connectivity index (χ3v) is 5.83. The zero-order valence-electron chi connectivity index (χ0n) is 18.1. The number of piperazine rings is 1. The topological polar surface area (TPSA) is 54.3 Å². The van der Waals surface area contributed by atoms with Crippen LogP contribution in [0.15, 0.2) is 85.2 Å². The van der Waals surface area contributed by atoms with Crippen molar-refractivity contribution < 1.29 is 4.79 Å². The minimum absolute atomic E-state index is 0.0166. The van der Waals surface area contributed by atoms with E-state index >= 15 is 0 Å². The van der Waals surface area contributed by atoms with E-state index in [0.717, 1.165) is 30.2 Å². The van der Waals surface area contributed by atoms with Gasteiger partial charge in [0, 0.05) is 44.1 Å². The Morgan fingerprint density at radius 1 is 0.844 bits per heavy atom. The maximum Gasteiger partial charge on any atom is 0.257 e. The maximum absolute atomic E-state index is 13.6. The summed E-state index contributed by atoms with van der Waals surface area (Å²) in [6.45, 7) is 4.88. The van der Waals surface area contributed by atoms with Crippen molar-refractivity contribution in [3.05, 3.63) is 96.3 Å². The fourth-order valence-corrected chi connectivity index (χ4v) is 4.02. The van der Waals surface area contributed by atoms with Crippen LogP contribution < -0.4 is 4.90 Å². The molecule has 3 heterocycles. The average Bonchev–Trinajstić information content (AvgIpc) is 3.31. The van der Waals surface area contributed by atoms with Crippen LogP contribution in [0.1, 0.15) is 15.9 Å². The molecule has 0 unspecified atom stereocenters. The molecule has 6 heteroatoms. The monoisotopic (exact) mass is 423 g/mol. The van der Waals surface area contributed by atoms with E-state index in [1.54, 1.807) is 10.9 Å². The van der Waals surface area contributed by atoms with Gasteiger partial charge in [0.1, 0.15) is 11.5 Å². The third kappa shape index (κ3) is 3.99. The van der Waals surface area contributed by atoms with Gasteiger partial charge < -0.3 is 9.80 Å². The molecule has 1 amide bonds. The maximum atomic E-state index is 13.6. The molecule has 1 aliphatic heterocycles. The summed E-state index contributed by atoms with van der Waals surface area (Å²) in [4.78, 5) is 22.1. The third-order valence-electron chi connectivity index (χ3n) is 5.83. The number of amides is 1. The normalized spacial score (nSPS) is 13.9. The fourth-order valence-electron chi connectivity index (χ4n) is 4.02. The minimum Gasteiger partial charge on any atom is -0.353 e. The Labute approximate surface area is 187 Å². The summed E-state index contributed by atoms with van der Waals surface area (Å²) in [6, 6.07) is 24.0. The van der Waals surface area contributed by atoms with Crippen molar-refractivity contribution in [3.63, 3.8) is 0 Å². The zero-order valence-corrected chi connectivity index (χ0v) is 18.1. The van der Waals surface area contributed by atoms with E-state index in [9.17, 15) is 4.79 Å². The summed E-state index contributed by atoms with van der Waals surface area (Å²) in [6.07, 6.45) is 3.67. The second kappa shape index (κ2) is 8.67. The number of anilines is 1. The number of benzene rings is 2. The van der Waals surface area contributed by atoms with Crippen molar-refractivity contribution in [1.82, 2.24) is 19.7 Å². The van der Waals surface area contributed by atoms with Crippen LogP contribution in [0.4, 0.5) is 5.82 Å². The van der Waals surface area contributed by atoms with Gasteiger partial charge in [0.25, 0.3) is 5.91 Å². The number of nitrogens with zero attached hydrogens (tertiary/aromatic N) is 5. The van der Waals surface area contributed by atoms with Gasteiger partial charge >= 0.3 is 0 Å². The zero-order chi connectivity index (χ0) is 21.9. The van der Waals surface area contributed by atoms with Gasteiger partial charge in [-0.1, -0.05) is 54.1 Å². The molecule has 1 saturated heterocycles. The lowest BCUT2D eigenvalue weighted by molar-refractivity contribution is 0.0747. The molecule has 4 aromatic rings. The Morgan fingerprint density at radius 2 is 1.56 bits per heavy atom. The van der Waals surface area contributed by atoms with Crippen LogP contribution >= 0.6 is 0 Å². The Kier molecular flexibility index (Phi) is 5.42. The van der Waals surface area contributed by atoms with E-state index in [4.69, 9.17) is 5.10 Å². The molecular weight excluding hydrogens is 398 g/mol. The first-order chi connectivity index (χ1) is 15.7. The lowest BCUT2D eigenvalue weighted by Gasteiger charge is -2.35. The highest BCUT2D eigenvalue weighted by Gasteiger charge is 2.27. The van der Waals surface area contributed by atoms with Crippen molar-refractivity contribution in [2.75, 3.05) is 31.1 Å². The van der Waals surface area contributed by atoms with Gasteiger partial charge in [0.05, 0.1) is 11.3 Å². The Hall–Kier alpha value is -3.93. The molecule has 1 aliphatic rings. The van der Waals surface area contributed by atoms with Gasteiger partial charge in [-0.15, -0.1) is 0 Å². The molecule has 0 spiro atoms. The molecular formula is C26H25N5O. The van der Waals surface area contributed by atoms with Crippen LogP contribution in [0.25, 0.3) is 16.9 Å². The summed E-state index contributed by atoms with van der Waals surface area (Å²) < 4.78 is 1.80. The van der Waals surface area contributed by atoms with Crippen LogP contribution in [0.3, 0.4) is 0 Å². The van der Waals surface area contributed by atoms with Gasteiger partial charge in [-0.05, 0) is 31.2 Å². The summed E-state index contributed by atoms with van der Waals surface area (Å²) in [5.74, 6) is 0.972. The Morgan fingerprint density at radius 3 is 2.25 bits per heavy atom. The van der Waals surface area contributed by atoms with E-state index in [2.05, 4.69) is 28.9 Å². The molecule has 0 aliphatic carbocycles. The van der Waals surface area contributed by atoms with E-state index < -0.39 is 0 Å². The van der Waals surface area contributed by atoms with Gasteiger partial charge in [0.15, 0.2) is 0 Å². The first-order valence-corrected chi connectivity index (χ1v) is 10.9. The molecule has 0 radical (unpaired) electrons. The molecule has 2 aromatic carbocycles. The highest BCUT2D eigenvalue weighted by Crippen LogP contribution is 2.26. The first kappa shape index (κ1) is 20.0. The van der Waals surface area contributed by atoms with Crippen LogP contribution in [0.5, 0.6) is 0 Å². The molecule has 1 fully saturated rings. The van der Waals surface area contributed by atoms with E-state index in [0.29, 0.717) is 24.3 Å². The van der Waals surface area contributed by atoms with E-state index in [1.165, 1.54) is 5.56 Å². The Balaban J connectivity index is 1.43. The van der Waals surface area contributed by atoms with Gasteiger partial charge in [-0.3, -0.25) is 4.79 Å². The Bertz CT molecular complexity index is 1190. The summed E-state index contributed by atoms with van der Waals surface area (Å²) in [7, 11) is 0. The average molecular weight is 424 g/mol.